The van der Waals surface area contributed by atoms with Crippen LogP contribution < -0.4 is 16.4 Å². The van der Waals surface area contributed by atoms with Gasteiger partial charge in [0.05, 0.1) is 28.3 Å². The summed E-state index contributed by atoms with van der Waals surface area (Å²) in [6.45, 7) is 3.37. The number of nitrogens with one attached hydrogen (secondary N) is 2. The number of amides is 2. The minimum atomic E-state index is -1.66. The minimum Gasteiger partial charge on any atom is -0.370 e. The summed E-state index contributed by atoms with van der Waals surface area (Å²) in [6.07, 6.45) is 0. The van der Waals surface area contributed by atoms with Crippen LogP contribution in [0.5, 0.6) is 0 Å². The number of nitrogens with zero attached hydrogens (tertiary/aromatic N) is 1. The predicted octanol–water partition coefficient (Wildman–Crippen LogP) is 2.66. The van der Waals surface area contributed by atoms with Crippen molar-refractivity contribution in [1.29, 1.82) is 5.26 Å². The molecule has 1 aromatic heterocycles. The van der Waals surface area contributed by atoms with Crippen molar-refractivity contribution >= 4 is 40.6 Å². The SMILES string of the molecule is Cc1ccccc1NC(=O)[C@@H]1[C@@H](c2cccs2)C(C#N)=C(SCC(N)=O)N[C@]1(C)O. The third kappa shape index (κ3) is 4.51. The summed E-state index contributed by atoms with van der Waals surface area (Å²) in [5.74, 6) is -2.67. The third-order valence-corrected chi connectivity index (χ3v) is 6.87. The Balaban J connectivity index is 2.06. The molecule has 0 bridgehead atoms. The zero-order valence-electron chi connectivity index (χ0n) is 16.5. The van der Waals surface area contributed by atoms with Crippen LogP contribution in [0.25, 0.3) is 0 Å². The van der Waals surface area contributed by atoms with Crippen LogP contribution in [0.1, 0.15) is 23.3 Å². The van der Waals surface area contributed by atoms with E-state index in [0.29, 0.717) is 16.3 Å². The first kappa shape index (κ1) is 21.9. The Hall–Kier alpha value is -2.80. The first-order chi connectivity index (χ1) is 14.2. The molecule has 2 amide bonds. The van der Waals surface area contributed by atoms with Gasteiger partial charge in [0, 0.05) is 16.5 Å². The van der Waals surface area contributed by atoms with E-state index in [1.807, 2.05) is 42.6 Å². The highest BCUT2D eigenvalue weighted by Crippen LogP contribution is 2.46. The zero-order valence-corrected chi connectivity index (χ0v) is 18.1. The van der Waals surface area contributed by atoms with Gasteiger partial charge in [0.2, 0.25) is 11.8 Å². The highest BCUT2D eigenvalue weighted by atomic mass is 32.2. The van der Waals surface area contributed by atoms with Crippen molar-refractivity contribution < 1.29 is 14.7 Å². The van der Waals surface area contributed by atoms with Crippen molar-refractivity contribution in [2.45, 2.75) is 25.5 Å². The predicted molar refractivity (Wildman–Crippen MR) is 118 cm³/mol. The van der Waals surface area contributed by atoms with Gasteiger partial charge < -0.3 is 21.5 Å². The van der Waals surface area contributed by atoms with Gasteiger partial charge >= 0.3 is 0 Å². The van der Waals surface area contributed by atoms with Crippen molar-refractivity contribution in [2.75, 3.05) is 11.1 Å². The fourth-order valence-electron chi connectivity index (χ4n) is 3.49. The summed E-state index contributed by atoms with van der Waals surface area (Å²) in [6, 6.07) is 13.2. The number of benzene rings is 1. The summed E-state index contributed by atoms with van der Waals surface area (Å²) in [7, 11) is 0. The number of aryl methyl sites for hydroxylation is 1. The molecule has 2 aromatic rings. The molecule has 3 rings (SSSR count). The zero-order chi connectivity index (χ0) is 21.9. The molecule has 9 heteroatoms. The van der Waals surface area contributed by atoms with Gasteiger partial charge in [-0.05, 0) is 36.9 Å². The number of carbonyl (C=O) groups is 2. The van der Waals surface area contributed by atoms with E-state index in [1.54, 1.807) is 6.07 Å². The van der Waals surface area contributed by atoms with Gasteiger partial charge in [-0.25, -0.2) is 0 Å². The molecule has 0 fully saturated rings. The van der Waals surface area contributed by atoms with Gasteiger partial charge in [-0.15, -0.1) is 11.3 Å². The molecular formula is C21H22N4O3S2. The standard InChI is InChI=1S/C21H22N4O3S2/c1-12-6-3-4-7-14(12)24-19(27)18-17(15-8-5-9-29-15)13(10-22)20(25-21(18,2)28)30-11-16(23)26/h3-9,17-18,25,28H,11H2,1-2H3,(H2,23,26)(H,24,27)/t17-,18+,21-/m1/s1. The van der Waals surface area contributed by atoms with E-state index in [9.17, 15) is 20.0 Å². The molecule has 30 heavy (non-hydrogen) atoms. The van der Waals surface area contributed by atoms with Gasteiger partial charge in [-0.3, -0.25) is 9.59 Å². The highest BCUT2D eigenvalue weighted by molar-refractivity contribution is 8.03. The summed E-state index contributed by atoms with van der Waals surface area (Å²) in [5, 5.41) is 29.1. The second-order valence-electron chi connectivity index (χ2n) is 7.16. The highest BCUT2D eigenvalue weighted by Gasteiger charge is 2.50. The van der Waals surface area contributed by atoms with Crippen LogP contribution in [0.15, 0.2) is 52.4 Å². The molecule has 2 heterocycles. The fraction of sp³-hybridized carbons (Fsp3) is 0.286. The molecule has 0 saturated carbocycles. The summed E-state index contributed by atoms with van der Waals surface area (Å²) in [4.78, 5) is 25.4. The molecule has 7 nitrogen and oxygen atoms in total. The number of nitrogens with two attached hydrogens (primary N) is 1. The van der Waals surface area contributed by atoms with Gasteiger partial charge in [0.15, 0.2) is 0 Å². The monoisotopic (exact) mass is 442 g/mol. The maximum Gasteiger partial charge on any atom is 0.233 e. The van der Waals surface area contributed by atoms with Crippen LogP contribution in [-0.2, 0) is 9.59 Å². The van der Waals surface area contributed by atoms with Crippen LogP contribution in [0.4, 0.5) is 5.69 Å². The number of aliphatic hydroxyl groups is 1. The maximum atomic E-state index is 13.4. The summed E-state index contributed by atoms with van der Waals surface area (Å²) in [5.41, 5.74) is 5.40. The number of hydrogen-bond donors (Lipinski definition) is 4. The number of allylic oxidation sites excluding steroid dienone is 1. The van der Waals surface area contributed by atoms with Crippen molar-refractivity contribution in [1.82, 2.24) is 5.32 Å². The van der Waals surface area contributed by atoms with E-state index < -0.39 is 29.4 Å². The van der Waals surface area contributed by atoms with Gasteiger partial charge in [-0.2, -0.15) is 5.26 Å². The van der Waals surface area contributed by atoms with Crippen LogP contribution >= 0.6 is 23.1 Å². The van der Waals surface area contributed by atoms with Gasteiger partial charge in [-0.1, -0.05) is 36.0 Å². The summed E-state index contributed by atoms with van der Waals surface area (Å²) >= 11 is 2.45. The molecular weight excluding hydrogens is 420 g/mol. The van der Waals surface area contributed by atoms with Gasteiger partial charge in [0.25, 0.3) is 0 Å². The molecule has 3 atom stereocenters. The van der Waals surface area contributed by atoms with E-state index in [2.05, 4.69) is 16.7 Å². The average Bonchev–Trinajstić information content (AvgIpc) is 3.21. The third-order valence-electron chi connectivity index (χ3n) is 4.88. The lowest BCUT2D eigenvalue weighted by molar-refractivity contribution is -0.131. The van der Waals surface area contributed by atoms with Crippen LogP contribution in [0.2, 0.25) is 0 Å². The molecule has 1 aliphatic heterocycles. The Kier molecular flexibility index (Phi) is 6.51. The summed E-state index contributed by atoms with van der Waals surface area (Å²) < 4.78 is 0. The van der Waals surface area contributed by atoms with Crippen LogP contribution in [0.3, 0.4) is 0 Å². The molecule has 0 radical (unpaired) electrons. The number of hydrogen-bond acceptors (Lipinski definition) is 7. The van der Waals surface area contributed by atoms with Crippen molar-refractivity contribution in [2.24, 2.45) is 11.7 Å². The Labute approximate surface area is 183 Å². The molecule has 0 saturated heterocycles. The number of rotatable bonds is 6. The fourth-order valence-corrected chi connectivity index (χ4v) is 5.26. The van der Waals surface area contributed by atoms with E-state index in [-0.39, 0.29) is 5.75 Å². The minimum absolute atomic E-state index is 0.0547. The molecule has 0 aliphatic carbocycles. The van der Waals surface area contributed by atoms with Crippen molar-refractivity contribution in [3.63, 3.8) is 0 Å². The Morgan fingerprint density at radius 2 is 2.10 bits per heavy atom. The molecule has 156 valence electrons. The first-order valence-corrected chi connectivity index (χ1v) is 11.1. The Morgan fingerprint density at radius 1 is 1.37 bits per heavy atom. The number of thiophene rings is 1. The Morgan fingerprint density at radius 3 is 2.70 bits per heavy atom. The molecule has 0 spiro atoms. The second kappa shape index (κ2) is 8.92. The van der Waals surface area contributed by atoms with Crippen molar-refractivity contribution in [3.05, 3.63) is 62.8 Å². The van der Waals surface area contributed by atoms with Crippen molar-refractivity contribution in [3.8, 4) is 6.07 Å². The van der Waals surface area contributed by atoms with Crippen LogP contribution in [-0.4, -0.2) is 28.4 Å². The molecule has 0 unspecified atom stereocenters. The van der Waals surface area contributed by atoms with Crippen LogP contribution in [0, 0.1) is 24.2 Å². The number of nitriles is 1. The number of para-hydroxylation sites is 1. The lowest BCUT2D eigenvalue weighted by atomic mass is 9.76. The number of anilines is 1. The normalized spacial score (nSPS) is 23.4. The smallest absolute Gasteiger partial charge is 0.233 e. The lowest BCUT2D eigenvalue weighted by Crippen LogP contribution is -2.57. The number of primary amides is 1. The van der Waals surface area contributed by atoms with Gasteiger partial charge in [0.1, 0.15) is 5.72 Å². The van der Waals surface area contributed by atoms with E-state index in [4.69, 9.17) is 5.73 Å². The molecule has 5 N–H and O–H groups in total. The average molecular weight is 443 g/mol. The lowest BCUT2D eigenvalue weighted by Gasteiger charge is -2.43. The van der Waals surface area contributed by atoms with E-state index in [0.717, 1.165) is 22.2 Å². The van der Waals surface area contributed by atoms with E-state index in [1.165, 1.54) is 18.3 Å². The molecule has 1 aliphatic rings. The largest absolute Gasteiger partial charge is 0.370 e. The quantitative estimate of drug-likeness (QED) is 0.544. The number of carbonyl (C=O) groups excluding carboxylic acids is 2. The van der Waals surface area contributed by atoms with E-state index >= 15 is 0 Å². The molecule has 1 aromatic carbocycles. The topological polar surface area (TPSA) is 128 Å². The Bertz CT molecular complexity index is 1030. The number of thioether (sulfide) groups is 1. The maximum absolute atomic E-state index is 13.4. The second-order valence-corrected chi connectivity index (χ2v) is 9.12. The first-order valence-electron chi connectivity index (χ1n) is 9.20.